The first-order valence-corrected chi connectivity index (χ1v) is 7.69. The Bertz CT molecular complexity index is 505. The van der Waals surface area contributed by atoms with Crippen molar-refractivity contribution in [2.75, 3.05) is 13.2 Å². The number of aromatic nitrogens is 1. The van der Waals surface area contributed by atoms with Crippen molar-refractivity contribution >= 4 is 23.2 Å². The average molecular weight is 295 g/mol. The maximum Gasteiger partial charge on any atom is 0.271 e. The van der Waals surface area contributed by atoms with E-state index in [2.05, 4.69) is 10.3 Å². The minimum atomic E-state index is -0.199. The minimum absolute atomic E-state index is 0.0379. The highest BCUT2D eigenvalue weighted by molar-refractivity contribution is 7.07. The number of hydrogen-bond donors (Lipinski definition) is 1. The number of carbonyl (C=O) groups excluding carboxylic acids is 2. The van der Waals surface area contributed by atoms with Gasteiger partial charge < -0.3 is 15.0 Å². The van der Waals surface area contributed by atoms with Crippen molar-refractivity contribution < 1.29 is 14.3 Å². The van der Waals surface area contributed by atoms with Crippen LogP contribution >= 0.6 is 11.3 Å². The lowest BCUT2D eigenvalue weighted by Gasteiger charge is -2.31. The molecule has 1 N–H and O–H groups in total. The minimum Gasteiger partial charge on any atom is -0.374 e. The topological polar surface area (TPSA) is 71.5 Å². The number of amides is 2. The number of likely N-dealkylation sites (tertiary alicyclic amines) is 1. The van der Waals surface area contributed by atoms with Crippen LogP contribution in [0.3, 0.4) is 0 Å². The van der Waals surface area contributed by atoms with Crippen LogP contribution in [0.4, 0.5) is 0 Å². The highest BCUT2D eigenvalue weighted by Crippen LogP contribution is 2.29. The van der Waals surface area contributed by atoms with Crippen LogP contribution < -0.4 is 5.32 Å². The number of thiazole rings is 1. The lowest BCUT2D eigenvalue weighted by atomic mass is 10.0. The van der Waals surface area contributed by atoms with Gasteiger partial charge in [0.2, 0.25) is 5.91 Å². The number of carbonyl (C=O) groups is 2. The Morgan fingerprint density at radius 2 is 2.40 bits per heavy atom. The third kappa shape index (κ3) is 2.43. The normalized spacial score (nSPS) is 29.1. The smallest absolute Gasteiger partial charge is 0.271 e. The van der Waals surface area contributed by atoms with Crippen molar-refractivity contribution in [3.05, 3.63) is 16.6 Å². The molecule has 7 heteroatoms. The fourth-order valence-corrected chi connectivity index (χ4v) is 3.54. The van der Waals surface area contributed by atoms with E-state index in [9.17, 15) is 9.59 Å². The van der Waals surface area contributed by atoms with Crippen molar-refractivity contribution in [2.45, 2.75) is 38.0 Å². The van der Waals surface area contributed by atoms with E-state index in [4.69, 9.17) is 4.74 Å². The van der Waals surface area contributed by atoms with E-state index in [1.807, 2.05) is 4.90 Å². The molecule has 3 rings (SSSR count). The second-order valence-electron chi connectivity index (χ2n) is 5.17. The zero-order chi connectivity index (χ0) is 14.1. The Kier molecular flexibility index (Phi) is 3.71. The number of nitrogens with one attached hydrogen (secondary N) is 1. The summed E-state index contributed by atoms with van der Waals surface area (Å²) in [6, 6.07) is -0.0691. The molecule has 1 aromatic heterocycles. The molecule has 0 spiro atoms. The molecule has 20 heavy (non-hydrogen) atoms. The van der Waals surface area contributed by atoms with Gasteiger partial charge in [0.25, 0.3) is 5.91 Å². The molecule has 0 aliphatic carbocycles. The Labute approximate surface area is 121 Å². The van der Waals surface area contributed by atoms with Gasteiger partial charge in [-0.15, -0.1) is 11.3 Å². The predicted molar refractivity (Wildman–Crippen MR) is 73.5 cm³/mol. The molecule has 2 fully saturated rings. The quantitative estimate of drug-likeness (QED) is 0.869. The fourth-order valence-electron chi connectivity index (χ4n) is 3.01. The molecule has 2 amide bonds. The molecule has 0 bridgehead atoms. The highest BCUT2D eigenvalue weighted by atomic mass is 32.1. The van der Waals surface area contributed by atoms with E-state index in [1.165, 1.54) is 11.3 Å². The van der Waals surface area contributed by atoms with E-state index in [0.717, 1.165) is 12.8 Å². The van der Waals surface area contributed by atoms with Crippen LogP contribution in [0.1, 0.15) is 30.3 Å². The van der Waals surface area contributed by atoms with Crippen LogP contribution in [0.2, 0.25) is 0 Å². The summed E-state index contributed by atoms with van der Waals surface area (Å²) in [5, 5.41) is 4.67. The summed E-state index contributed by atoms with van der Waals surface area (Å²) in [6.45, 7) is 2.77. The monoisotopic (exact) mass is 295 g/mol. The van der Waals surface area contributed by atoms with Gasteiger partial charge in [-0.3, -0.25) is 9.59 Å². The van der Waals surface area contributed by atoms with Crippen molar-refractivity contribution in [1.29, 1.82) is 0 Å². The molecule has 1 aromatic rings. The van der Waals surface area contributed by atoms with Gasteiger partial charge in [0.15, 0.2) is 0 Å². The van der Waals surface area contributed by atoms with Gasteiger partial charge in [0.05, 0.1) is 23.7 Å². The average Bonchev–Trinajstić information content (AvgIpc) is 3.07. The molecule has 0 saturated carbocycles. The van der Waals surface area contributed by atoms with Crippen LogP contribution in [-0.2, 0) is 9.53 Å². The lowest BCUT2D eigenvalue weighted by molar-refractivity contribution is -0.132. The van der Waals surface area contributed by atoms with Crippen molar-refractivity contribution in [3.63, 3.8) is 0 Å². The van der Waals surface area contributed by atoms with Gasteiger partial charge >= 0.3 is 0 Å². The predicted octanol–water partition coefficient (Wildman–Crippen LogP) is 0.651. The lowest BCUT2D eigenvalue weighted by Crippen LogP contribution is -2.47. The molecule has 0 radical (unpaired) electrons. The summed E-state index contributed by atoms with van der Waals surface area (Å²) in [5.74, 6) is -0.162. The Morgan fingerprint density at radius 3 is 3.10 bits per heavy atom. The van der Waals surface area contributed by atoms with Gasteiger partial charge in [-0.1, -0.05) is 0 Å². The third-order valence-electron chi connectivity index (χ3n) is 3.91. The third-order valence-corrected chi connectivity index (χ3v) is 4.50. The molecule has 2 aliphatic heterocycles. The van der Waals surface area contributed by atoms with Gasteiger partial charge in [-0.05, 0) is 12.8 Å². The first kappa shape index (κ1) is 13.5. The summed E-state index contributed by atoms with van der Waals surface area (Å²) < 4.78 is 5.79. The van der Waals surface area contributed by atoms with Crippen molar-refractivity contribution in [2.24, 2.45) is 0 Å². The standard InChI is InChI=1S/C13H17N3O3S/c1-8(17)16-5-9(12-11(16)3-2-4-19-12)15-13(18)10-6-20-7-14-10/h6-7,9,11-12H,2-5H2,1H3,(H,15,18)/t9-,11?,12?/m0/s1. The van der Waals surface area contributed by atoms with Gasteiger partial charge in [-0.2, -0.15) is 0 Å². The first-order valence-electron chi connectivity index (χ1n) is 6.74. The van der Waals surface area contributed by atoms with Crippen LogP contribution in [0, 0.1) is 0 Å². The molecular weight excluding hydrogens is 278 g/mol. The van der Waals surface area contributed by atoms with Crippen molar-refractivity contribution in [3.8, 4) is 0 Å². The van der Waals surface area contributed by atoms with E-state index >= 15 is 0 Å². The SMILES string of the molecule is CC(=O)N1C[C@H](NC(=O)c2cscn2)C2OCCCC21. The number of fused-ring (bicyclic) bond motifs is 1. The molecule has 108 valence electrons. The molecule has 2 aliphatic rings. The molecular formula is C13H17N3O3S. The molecule has 3 heterocycles. The fraction of sp³-hybridized carbons (Fsp3) is 0.615. The van der Waals surface area contributed by atoms with Crippen LogP contribution in [-0.4, -0.2) is 53.0 Å². The second kappa shape index (κ2) is 5.49. The van der Waals surface area contributed by atoms with Gasteiger partial charge in [0, 0.05) is 25.5 Å². The summed E-state index contributed by atoms with van der Waals surface area (Å²) in [6.07, 6.45) is 1.79. The second-order valence-corrected chi connectivity index (χ2v) is 5.89. The number of nitrogens with zero attached hydrogens (tertiary/aromatic N) is 2. The Balaban J connectivity index is 1.73. The Morgan fingerprint density at radius 1 is 1.55 bits per heavy atom. The summed E-state index contributed by atoms with van der Waals surface area (Å²) in [5.41, 5.74) is 2.05. The molecule has 2 saturated heterocycles. The zero-order valence-corrected chi connectivity index (χ0v) is 12.1. The van der Waals surface area contributed by atoms with E-state index in [-0.39, 0.29) is 30.0 Å². The molecule has 2 unspecified atom stereocenters. The highest BCUT2D eigenvalue weighted by Gasteiger charge is 2.45. The molecule has 0 aromatic carbocycles. The maximum atomic E-state index is 12.1. The molecule has 3 atom stereocenters. The maximum absolute atomic E-state index is 12.1. The summed E-state index contributed by atoms with van der Waals surface area (Å²) in [7, 11) is 0. The molecule has 6 nitrogen and oxygen atoms in total. The number of rotatable bonds is 2. The van der Waals surface area contributed by atoms with E-state index in [1.54, 1.807) is 17.8 Å². The van der Waals surface area contributed by atoms with E-state index in [0.29, 0.717) is 18.8 Å². The van der Waals surface area contributed by atoms with Gasteiger partial charge in [0.1, 0.15) is 5.69 Å². The Hall–Kier alpha value is -1.47. The summed E-state index contributed by atoms with van der Waals surface area (Å²) >= 11 is 1.39. The van der Waals surface area contributed by atoms with Crippen LogP contribution in [0.25, 0.3) is 0 Å². The van der Waals surface area contributed by atoms with Crippen LogP contribution in [0.5, 0.6) is 0 Å². The van der Waals surface area contributed by atoms with Crippen LogP contribution in [0.15, 0.2) is 10.9 Å². The van der Waals surface area contributed by atoms with Crippen molar-refractivity contribution in [1.82, 2.24) is 15.2 Å². The summed E-state index contributed by atoms with van der Waals surface area (Å²) in [4.78, 5) is 29.6. The first-order chi connectivity index (χ1) is 9.66. The van der Waals surface area contributed by atoms with E-state index < -0.39 is 0 Å². The largest absolute Gasteiger partial charge is 0.374 e. The number of ether oxygens (including phenoxy) is 1. The number of hydrogen-bond acceptors (Lipinski definition) is 5. The zero-order valence-electron chi connectivity index (χ0n) is 11.2. The van der Waals surface area contributed by atoms with Gasteiger partial charge in [-0.25, -0.2) is 4.98 Å².